The van der Waals surface area contributed by atoms with Crippen molar-refractivity contribution >= 4 is 5.91 Å². The molecule has 1 aromatic rings. The summed E-state index contributed by atoms with van der Waals surface area (Å²) in [6, 6.07) is 0.608. The number of aromatic nitrogens is 3. The SMILES string of the molecule is NC1CCC(n2cc(C(=O)NC[C@@H]3CNCCOC3)nn2)CC1. The lowest BCUT2D eigenvalue weighted by Crippen LogP contribution is -2.35. The molecular weight excluding hydrogens is 296 g/mol. The molecule has 1 aliphatic heterocycles. The standard InChI is InChI=1S/C15H26N6O2/c16-12-1-3-13(4-2-12)21-9-14(19-20-21)15(22)18-8-11-7-17-5-6-23-10-11/h9,11-13,17H,1-8,10,16H2,(H,18,22)/t11-,12?,13?/m0/s1. The van der Waals surface area contributed by atoms with Crippen molar-refractivity contribution in [1.82, 2.24) is 25.6 Å². The van der Waals surface area contributed by atoms with Gasteiger partial charge in [-0.1, -0.05) is 5.21 Å². The quantitative estimate of drug-likeness (QED) is 0.702. The summed E-state index contributed by atoms with van der Waals surface area (Å²) in [7, 11) is 0. The van der Waals surface area contributed by atoms with Crippen LogP contribution in [0, 0.1) is 5.92 Å². The number of hydrogen-bond acceptors (Lipinski definition) is 6. The fraction of sp³-hybridized carbons (Fsp3) is 0.800. The lowest BCUT2D eigenvalue weighted by atomic mass is 9.92. The summed E-state index contributed by atoms with van der Waals surface area (Å²) in [5.41, 5.74) is 6.30. The zero-order chi connectivity index (χ0) is 16.1. The van der Waals surface area contributed by atoms with Crippen molar-refractivity contribution in [2.24, 2.45) is 11.7 Å². The first-order chi connectivity index (χ1) is 11.2. The van der Waals surface area contributed by atoms with Crippen LogP contribution >= 0.6 is 0 Å². The molecule has 1 saturated heterocycles. The third-order valence-corrected chi connectivity index (χ3v) is 4.62. The topological polar surface area (TPSA) is 107 Å². The van der Waals surface area contributed by atoms with Gasteiger partial charge in [0.1, 0.15) is 0 Å². The Morgan fingerprint density at radius 1 is 1.43 bits per heavy atom. The Labute approximate surface area is 136 Å². The van der Waals surface area contributed by atoms with Crippen molar-refractivity contribution in [3.63, 3.8) is 0 Å². The van der Waals surface area contributed by atoms with Gasteiger partial charge in [-0.2, -0.15) is 0 Å². The van der Waals surface area contributed by atoms with Gasteiger partial charge < -0.3 is 21.1 Å². The molecule has 0 bridgehead atoms. The van der Waals surface area contributed by atoms with Gasteiger partial charge in [-0.05, 0) is 25.7 Å². The molecule has 0 spiro atoms. The summed E-state index contributed by atoms with van der Waals surface area (Å²) < 4.78 is 7.30. The van der Waals surface area contributed by atoms with E-state index >= 15 is 0 Å². The second-order valence-corrected chi connectivity index (χ2v) is 6.51. The normalized spacial score (nSPS) is 29.0. The smallest absolute Gasteiger partial charge is 0.273 e. The minimum Gasteiger partial charge on any atom is -0.380 e. The number of rotatable bonds is 4. The zero-order valence-electron chi connectivity index (χ0n) is 13.4. The van der Waals surface area contributed by atoms with Gasteiger partial charge in [0.2, 0.25) is 0 Å². The molecule has 2 fully saturated rings. The Balaban J connectivity index is 1.49. The number of amides is 1. The van der Waals surface area contributed by atoms with E-state index in [0.717, 1.165) is 45.4 Å². The molecule has 0 radical (unpaired) electrons. The van der Waals surface area contributed by atoms with Crippen LogP contribution < -0.4 is 16.4 Å². The average molecular weight is 322 g/mol. The molecule has 0 unspecified atom stereocenters. The monoisotopic (exact) mass is 322 g/mol. The summed E-state index contributed by atoms with van der Waals surface area (Å²) in [5.74, 6) is 0.115. The molecule has 1 atom stereocenters. The molecule has 23 heavy (non-hydrogen) atoms. The molecule has 3 rings (SSSR count). The summed E-state index contributed by atoms with van der Waals surface area (Å²) in [6.45, 7) is 3.70. The highest BCUT2D eigenvalue weighted by molar-refractivity contribution is 5.91. The molecule has 0 aromatic carbocycles. The number of carbonyl (C=O) groups excluding carboxylic acids is 1. The Morgan fingerprint density at radius 3 is 3.09 bits per heavy atom. The van der Waals surface area contributed by atoms with Crippen LogP contribution in [-0.4, -0.2) is 59.8 Å². The van der Waals surface area contributed by atoms with Crippen molar-refractivity contribution in [2.45, 2.75) is 37.8 Å². The number of nitrogens with one attached hydrogen (secondary N) is 2. The first kappa shape index (κ1) is 16.4. The van der Waals surface area contributed by atoms with Crippen LogP contribution in [0.2, 0.25) is 0 Å². The minimum absolute atomic E-state index is 0.173. The predicted octanol–water partition coefficient (Wildman–Crippen LogP) is -0.314. The second kappa shape index (κ2) is 7.85. The summed E-state index contributed by atoms with van der Waals surface area (Å²) in [4.78, 5) is 12.2. The lowest BCUT2D eigenvalue weighted by molar-refractivity contribution is 0.0917. The molecule has 8 nitrogen and oxygen atoms in total. The highest BCUT2D eigenvalue weighted by Gasteiger charge is 2.22. The third kappa shape index (κ3) is 4.49. The maximum atomic E-state index is 12.2. The van der Waals surface area contributed by atoms with Crippen LogP contribution in [0.4, 0.5) is 0 Å². The number of ether oxygens (including phenoxy) is 1. The third-order valence-electron chi connectivity index (χ3n) is 4.62. The number of nitrogens with zero attached hydrogens (tertiary/aromatic N) is 3. The average Bonchev–Trinajstić information content (AvgIpc) is 2.91. The molecule has 2 heterocycles. The molecular formula is C15H26N6O2. The van der Waals surface area contributed by atoms with Crippen LogP contribution in [0.1, 0.15) is 42.2 Å². The zero-order valence-corrected chi connectivity index (χ0v) is 13.4. The molecule has 4 N–H and O–H groups in total. The van der Waals surface area contributed by atoms with Gasteiger partial charge in [0.25, 0.3) is 5.91 Å². The van der Waals surface area contributed by atoms with Crippen LogP contribution in [0.3, 0.4) is 0 Å². The van der Waals surface area contributed by atoms with E-state index in [1.807, 2.05) is 4.68 Å². The van der Waals surface area contributed by atoms with Crippen LogP contribution in [0.5, 0.6) is 0 Å². The van der Waals surface area contributed by atoms with Gasteiger partial charge in [0.05, 0.1) is 25.5 Å². The molecule has 1 aromatic heterocycles. The van der Waals surface area contributed by atoms with E-state index in [4.69, 9.17) is 10.5 Å². The van der Waals surface area contributed by atoms with Crippen LogP contribution in [-0.2, 0) is 4.74 Å². The fourth-order valence-electron chi connectivity index (χ4n) is 3.14. The van der Waals surface area contributed by atoms with Crippen LogP contribution in [0.15, 0.2) is 6.20 Å². The Morgan fingerprint density at radius 2 is 2.26 bits per heavy atom. The van der Waals surface area contributed by atoms with E-state index in [2.05, 4.69) is 20.9 Å². The summed E-state index contributed by atoms with van der Waals surface area (Å²) in [5, 5.41) is 14.4. The number of hydrogen-bond donors (Lipinski definition) is 3. The van der Waals surface area contributed by atoms with Crippen molar-refractivity contribution in [1.29, 1.82) is 0 Å². The minimum atomic E-state index is -0.173. The summed E-state index contributed by atoms with van der Waals surface area (Å²) >= 11 is 0. The first-order valence-electron chi connectivity index (χ1n) is 8.46. The Kier molecular flexibility index (Phi) is 5.58. The van der Waals surface area contributed by atoms with E-state index in [0.29, 0.717) is 30.9 Å². The van der Waals surface area contributed by atoms with Crippen molar-refractivity contribution in [3.8, 4) is 0 Å². The molecule has 1 saturated carbocycles. The first-order valence-corrected chi connectivity index (χ1v) is 8.46. The van der Waals surface area contributed by atoms with Crippen molar-refractivity contribution < 1.29 is 9.53 Å². The Bertz CT molecular complexity index is 504. The highest BCUT2D eigenvalue weighted by atomic mass is 16.5. The van der Waals surface area contributed by atoms with Gasteiger partial charge in [-0.25, -0.2) is 4.68 Å². The maximum Gasteiger partial charge on any atom is 0.273 e. The van der Waals surface area contributed by atoms with E-state index in [-0.39, 0.29) is 11.8 Å². The highest BCUT2D eigenvalue weighted by Crippen LogP contribution is 2.26. The van der Waals surface area contributed by atoms with Crippen molar-refractivity contribution in [3.05, 3.63) is 11.9 Å². The van der Waals surface area contributed by atoms with E-state index in [1.165, 1.54) is 0 Å². The fourth-order valence-corrected chi connectivity index (χ4v) is 3.14. The van der Waals surface area contributed by atoms with Gasteiger partial charge in [-0.3, -0.25) is 4.79 Å². The van der Waals surface area contributed by atoms with Gasteiger partial charge in [0.15, 0.2) is 5.69 Å². The number of carbonyl (C=O) groups is 1. The van der Waals surface area contributed by atoms with E-state index < -0.39 is 0 Å². The molecule has 8 heteroatoms. The van der Waals surface area contributed by atoms with Crippen LogP contribution in [0.25, 0.3) is 0 Å². The predicted molar refractivity (Wildman–Crippen MR) is 85.0 cm³/mol. The van der Waals surface area contributed by atoms with E-state index in [9.17, 15) is 4.79 Å². The maximum absolute atomic E-state index is 12.2. The van der Waals surface area contributed by atoms with Crippen molar-refractivity contribution in [2.75, 3.05) is 32.8 Å². The molecule has 1 amide bonds. The van der Waals surface area contributed by atoms with Gasteiger partial charge in [0, 0.05) is 31.6 Å². The van der Waals surface area contributed by atoms with E-state index in [1.54, 1.807) is 6.20 Å². The molecule has 2 aliphatic rings. The lowest BCUT2D eigenvalue weighted by Gasteiger charge is -2.25. The molecule has 128 valence electrons. The largest absolute Gasteiger partial charge is 0.380 e. The van der Waals surface area contributed by atoms with Gasteiger partial charge in [-0.15, -0.1) is 5.10 Å². The molecule has 1 aliphatic carbocycles. The Hall–Kier alpha value is -1.51. The summed E-state index contributed by atoms with van der Waals surface area (Å²) in [6.07, 6.45) is 5.74. The van der Waals surface area contributed by atoms with Gasteiger partial charge >= 0.3 is 0 Å². The second-order valence-electron chi connectivity index (χ2n) is 6.51. The number of nitrogens with two attached hydrogens (primary N) is 1.